The van der Waals surface area contributed by atoms with Gasteiger partial charge in [0.2, 0.25) is 5.95 Å². The molecule has 0 saturated carbocycles. The lowest BCUT2D eigenvalue weighted by Crippen LogP contribution is -2.29. The molecule has 148 valence electrons. The largest absolute Gasteiger partial charge is 0.508 e. The molecule has 0 aliphatic carbocycles. The van der Waals surface area contributed by atoms with Crippen LogP contribution in [0.1, 0.15) is 31.7 Å². The number of fused-ring (bicyclic) bond motifs is 1. The normalized spacial score (nSPS) is 11.5. The lowest BCUT2D eigenvalue weighted by atomic mass is 10.2. The highest BCUT2D eigenvalue weighted by Crippen LogP contribution is 2.21. The Morgan fingerprint density at radius 2 is 2.07 bits per heavy atom. The molecule has 28 heavy (non-hydrogen) atoms. The molecule has 0 fully saturated rings. The summed E-state index contributed by atoms with van der Waals surface area (Å²) in [5.41, 5.74) is 2.67. The van der Waals surface area contributed by atoms with Crippen LogP contribution < -0.4 is 16.7 Å². The number of imidazole rings is 1. The topological polar surface area (TPSA) is 138 Å². The quantitative estimate of drug-likeness (QED) is 0.276. The maximum absolute atomic E-state index is 12.3. The number of aromatic amines is 1. The van der Waals surface area contributed by atoms with Crippen LogP contribution in [0.15, 0.2) is 32.9 Å². The minimum Gasteiger partial charge on any atom is -0.508 e. The number of phenols is 2. The van der Waals surface area contributed by atoms with Crippen LogP contribution in [-0.2, 0) is 13.6 Å². The van der Waals surface area contributed by atoms with Crippen LogP contribution in [-0.4, -0.2) is 35.5 Å². The maximum atomic E-state index is 12.3. The van der Waals surface area contributed by atoms with Gasteiger partial charge in [0, 0.05) is 25.2 Å². The summed E-state index contributed by atoms with van der Waals surface area (Å²) < 4.78 is 2.96. The van der Waals surface area contributed by atoms with Crippen molar-refractivity contribution in [3.05, 3.63) is 44.6 Å². The lowest BCUT2D eigenvalue weighted by molar-refractivity contribution is 0.450. The molecule has 3 rings (SSSR count). The van der Waals surface area contributed by atoms with E-state index in [9.17, 15) is 19.8 Å². The summed E-state index contributed by atoms with van der Waals surface area (Å²) in [5.74, 6) is 0.133. The Morgan fingerprint density at radius 1 is 1.29 bits per heavy atom. The molecule has 0 saturated heterocycles. The van der Waals surface area contributed by atoms with Crippen molar-refractivity contribution >= 4 is 23.3 Å². The fourth-order valence-corrected chi connectivity index (χ4v) is 2.86. The highest BCUT2D eigenvalue weighted by molar-refractivity contribution is 5.84. The standard InChI is InChI=1S/C18H22N6O4/c1-3-4-5-8-24-14-15(23(2)18(28)21-16(14)27)20-17(24)22-19-10-11-6-7-12(25)9-13(11)26/h6-7,9-10,25-26H,3-5,8H2,1-2H3,(H,20,22)(H,21,27,28)/b19-10+. The van der Waals surface area contributed by atoms with Crippen molar-refractivity contribution in [2.45, 2.75) is 32.7 Å². The van der Waals surface area contributed by atoms with Crippen LogP contribution >= 0.6 is 0 Å². The minimum absolute atomic E-state index is 0.0551. The first-order valence-electron chi connectivity index (χ1n) is 8.93. The summed E-state index contributed by atoms with van der Waals surface area (Å²) >= 11 is 0. The molecule has 1 aromatic carbocycles. The average Bonchev–Trinajstić information content (AvgIpc) is 3.01. The van der Waals surface area contributed by atoms with E-state index in [2.05, 4.69) is 27.4 Å². The number of nitrogens with zero attached hydrogens (tertiary/aromatic N) is 4. The number of hydrogen-bond acceptors (Lipinski definition) is 7. The van der Waals surface area contributed by atoms with Crippen molar-refractivity contribution in [2.24, 2.45) is 12.1 Å². The number of hydrogen-bond donors (Lipinski definition) is 4. The van der Waals surface area contributed by atoms with Crippen LogP contribution in [0.4, 0.5) is 5.95 Å². The molecule has 0 atom stereocenters. The molecule has 0 radical (unpaired) electrons. The highest BCUT2D eigenvalue weighted by atomic mass is 16.3. The molecule has 0 amide bonds. The number of aromatic nitrogens is 4. The van der Waals surface area contributed by atoms with E-state index in [1.165, 1.54) is 36.0 Å². The van der Waals surface area contributed by atoms with Gasteiger partial charge in [-0.3, -0.25) is 14.3 Å². The first-order chi connectivity index (χ1) is 13.4. The number of aryl methyl sites for hydroxylation is 2. The first-order valence-corrected chi connectivity index (χ1v) is 8.93. The Bertz CT molecular complexity index is 1140. The van der Waals surface area contributed by atoms with Crippen molar-refractivity contribution in [2.75, 3.05) is 5.43 Å². The fraction of sp³-hybridized carbons (Fsp3) is 0.333. The van der Waals surface area contributed by atoms with E-state index in [1.807, 2.05) is 0 Å². The molecular weight excluding hydrogens is 364 g/mol. The summed E-state index contributed by atoms with van der Waals surface area (Å²) in [6.07, 6.45) is 4.20. The average molecular weight is 386 g/mol. The van der Waals surface area contributed by atoms with E-state index < -0.39 is 11.2 Å². The molecule has 4 N–H and O–H groups in total. The van der Waals surface area contributed by atoms with Crippen molar-refractivity contribution < 1.29 is 10.2 Å². The van der Waals surface area contributed by atoms with Gasteiger partial charge in [-0.2, -0.15) is 10.1 Å². The van der Waals surface area contributed by atoms with Crippen LogP contribution in [0.5, 0.6) is 11.5 Å². The zero-order valence-electron chi connectivity index (χ0n) is 15.6. The SMILES string of the molecule is CCCCCn1c(N/N=C/c2ccc(O)cc2O)nc2c1c(=O)[nH]c(=O)n2C. The van der Waals surface area contributed by atoms with Gasteiger partial charge in [0.05, 0.1) is 6.21 Å². The molecule has 3 aromatic rings. The summed E-state index contributed by atoms with van der Waals surface area (Å²) in [6, 6.07) is 4.14. The molecule has 10 heteroatoms. The van der Waals surface area contributed by atoms with Gasteiger partial charge < -0.3 is 14.8 Å². The van der Waals surface area contributed by atoms with Crippen molar-refractivity contribution in [3.8, 4) is 11.5 Å². The molecule has 2 heterocycles. The zero-order chi connectivity index (χ0) is 20.3. The monoisotopic (exact) mass is 386 g/mol. The van der Waals surface area contributed by atoms with Crippen LogP contribution in [0, 0.1) is 0 Å². The van der Waals surface area contributed by atoms with Gasteiger partial charge in [-0.1, -0.05) is 19.8 Å². The molecule has 0 bridgehead atoms. The second-order valence-electron chi connectivity index (χ2n) is 6.40. The number of phenolic OH excluding ortho intramolecular Hbond substituents is 2. The van der Waals surface area contributed by atoms with E-state index in [0.29, 0.717) is 23.6 Å². The van der Waals surface area contributed by atoms with E-state index in [1.54, 1.807) is 4.57 Å². The number of rotatable bonds is 7. The number of aromatic hydroxyl groups is 2. The Hall–Kier alpha value is -3.56. The molecule has 0 spiro atoms. The Balaban J connectivity index is 1.99. The Morgan fingerprint density at radius 3 is 2.79 bits per heavy atom. The summed E-state index contributed by atoms with van der Waals surface area (Å²) in [5, 5.41) is 23.2. The van der Waals surface area contributed by atoms with Crippen molar-refractivity contribution in [3.63, 3.8) is 0 Å². The van der Waals surface area contributed by atoms with E-state index in [0.717, 1.165) is 19.3 Å². The smallest absolute Gasteiger partial charge is 0.329 e. The second kappa shape index (κ2) is 7.99. The number of anilines is 1. The number of unbranched alkanes of at least 4 members (excludes halogenated alkanes) is 2. The van der Waals surface area contributed by atoms with Gasteiger partial charge in [0.15, 0.2) is 11.2 Å². The molecular formula is C18H22N6O4. The van der Waals surface area contributed by atoms with Gasteiger partial charge in [-0.05, 0) is 18.6 Å². The lowest BCUT2D eigenvalue weighted by Gasteiger charge is -2.07. The van der Waals surface area contributed by atoms with Gasteiger partial charge in [0.25, 0.3) is 5.56 Å². The van der Waals surface area contributed by atoms with Gasteiger partial charge in [0.1, 0.15) is 11.5 Å². The van der Waals surface area contributed by atoms with Gasteiger partial charge in [-0.25, -0.2) is 10.2 Å². The Kier molecular flexibility index (Phi) is 5.48. The third kappa shape index (κ3) is 3.75. The molecule has 0 unspecified atom stereocenters. The van der Waals surface area contributed by atoms with Crippen molar-refractivity contribution in [1.82, 2.24) is 19.1 Å². The molecule has 0 aliphatic heterocycles. The van der Waals surface area contributed by atoms with Crippen molar-refractivity contribution in [1.29, 1.82) is 0 Å². The van der Waals surface area contributed by atoms with Gasteiger partial charge >= 0.3 is 5.69 Å². The number of nitrogens with one attached hydrogen (secondary N) is 2. The van der Waals surface area contributed by atoms with Gasteiger partial charge in [-0.15, -0.1) is 0 Å². The number of benzene rings is 1. The minimum atomic E-state index is -0.542. The predicted octanol–water partition coefficient (Wildman–Crippen LogP) is 1.47. The molecule has 10 nitrogen and oxygen atoms in total. The number of hydrazone groups is 1. The first kappa shape index (κ1) is 19.2. The third-order valence-electron chi connectivity index (χ3n) is 4.37. The Labute approximate surface area is 159 Å². The van der Waals surface area contributed by atoms with E-state index >= 15 is 0 Å². The molecule has 0 aliphatic rings. The maximum Gasteiger partial charge on any atom is 0.329 e. The van der Waals surface area contributed by atoms with E-state index in [-0.39, 0.29) is 17.1 Å². The predicted molar refractivity (Wildman–Crippen MR) is 106 cm³/mol. The zero-order valence-corrected chi connectivity index (χ0v) is 15.6. The summed E-state index contributed by atoms with van der Waals surface area (Å²) in [6.45, 7) is 2.62. The second-order valence-corrected chi connectivity index (χ2v) is 6.40. The third-order valence-corrected chi connectivity index (χ3v) is 4.37. The summed E-state index contributed by atoms with van der Waals surface area (Å²) in [4.78, 5) is 30.8. The molecule has 2 aromatic heterocycles. The summed E-state index contributed by atoms with van der Waals surface area (Å²) in [7, 11) is 1.53. The van der Waals surface area contributed by atoms with Crippen LogP contribution in [0.25, 0.3) is 11.2 Å². The van der Waals surface area contributed by atoms with Crippen LogP contribution in [0.3, 0.4) is 0 Å². The fourth-order valence-electron chi connectivity index (χ4n) is 2.86. The van der Waals surface area contributed by atoms with Crippen LogP contribution in [0.2, 0.25) is 0 Å². The van der Waals surface area contributed by atoms with E-state index in [4.69, 9.17) is 0 Å². The number of H-pyrrole nitrogens is 1. The highest BCUT2D eigenvalue weighted by Gasteiger charge is 2.16.